The molecule has 1 amide bonds. The maximum absolute atomic E-state index is 12.6. The first-order valence-corrected chi connectivity index (χ1v) is 9.47. The third-order valence-electron chi connectivity index (χ3n) is 5.49. The summed E-state index contributed by atoms with van der Waals surface area (Å²) in [5.74, 6) is -0.322. The first kappa shape index (κ1) is 17.9. The molecule has 2 fully saturated rings. The standard InChI is InChI=1S/C20H28N2O3/c23-19(10-14-21-11-2-1-3-12-21)22-13-4-5-18(15-22)16-6-8-17(9-7-16)20(24)25/h6-9,18H,1-5,10-15H2,(H,24,25)/t18-/m1/s1. The SMILES string of the molecule is O=C(O)c1ccc([C@@H]2CCCN(C(=O)CCN3CCCCC3)C2)cc1. The van der Waals surface area contributed by atoms with Gasteiger partial charge in [-0.1, -0.05) is 18.6 Å². The molecule has 3 rings (SSSR count). The highest BCUT2D eigenvalue weighted by Gasteiger charge is 2.25. The summed E-state index contributed by atoms with van der Waals surface area (Å²) in [5, 5.41) is 9.01. The number of benzene rings is 1. The number of nitrogens with zero attached hydrogens (tertiary/aromatic N) is 2. The van der Waals surface area contributed by atoms with Crippen LogP contribution in [0.25, 0.3) is 0 Å². The van der Waals surface area contributed by atoms with E-state index in [1.807, 2.05) is 17.0 Å². The van der Waals surface area contributed by atoms with Crippen LogP contribution in [0.3, 0.4) is 0 Å². The average Bonchev–Trinajstić information content (AvgIpc) is 2.67. The number of piperidine rings is 2. The van der Waals surface area contributed by atoms with Crippen LogP contribution in [0.2, 0.25) is 0 Å². The van der Waals surface area contributed by atoms with Gasteiger partial charge in [-0.2, -0.15) is 0 Å². The number of hydrogen-bond donors (Lipinski definition) is 1. The van der Waals surface area contributed by atoms with E-state index in [-0.39, 0.29) is 5.91 Å². The van der Waals surface area contributed by atoms with E-state index in [4.69, 9.17) is 5.11 Å². The Morgan fingerprint density at radius 3 is 2.40 bits per heavy atom. The molecule has 0 spiro atoms. The molecule has 1 N–H and O–H groups in total. The van der Waals surface area contributed by atoms with Crippen molar-refractivity contribution in [3.8, 4) is 0 Å². The first-order chi connectivity index (χ1) is 12.1. The largest absolute Gasteiger partial charge is 0.478 e. The van der Waals surface area contributed by atoms with E-state index in [1.165, 1.54) is 19.3 Å². The number of amides is 1. The van der Waals surface area contributed by atoms with Gasteiger partial charge in [-0.3, -0.25) is 4.79 Å². The number of aromatic carboxylic acids is 1. The average molecular weight is 344 g/mol. The van der Waals surface area contributed by atoms with E-state index in [9.17, 15) is 9.59 Å². The predicted octanol–water partition coefficient (Wildman–Crippen LogP) is 2.97. The first-order valence-electron chi connectivity index (χ1n) is 9.47. The summed E-state index contributed by atoms with van der Waals surface area (Å²) < 4.78 is 0. The Balaban J connectivity index is 1.53. The molecule has 1 atom stereocenters. The number of hydrogen-bond acceptors (Lipinski definition) is 3. The van der Waals surface area contributed by atoms with Crippen molar-refractivity contribution < 1.29 is 14.7 Å². The zero-order chi connectivity index (χ0) is 17.6. The lowest BCUT2D eigenvalue weighted by Crippen LogP contribution is -2.41. The van der Waals surface area contributed by atoms with Gasteiger partial charge in [0.05, 0.1) is 5.56 Å². The number of carboxylic acids is 1. The van der Waals surface area contributed by atoms with Gasteiger partial charge in [0.25, 0.3) is 0 Å². The maximum Gasteiger partial charge on any atom is 0.335 e. The summed E-state index contributed by atoms with van der Waals surface area (Å²) in [5.41, 5.74) is 1.45. The third kappa shape index (κ3) is 4.82. The Bertz CT molecular complexity index is 593. The predicted molar refractivity (Wildman–Crippen MR) is 96.9 cm³/mol. The second-order valence-electron chi connectivity index (χ2n) is 7.26. The molecule has 2 aliphatic rings. The molecule has 2 aliphatic heterocycles. The zero-order valence-electron chi connectivity index (χ0n) is 14.8. The van der Waals surface area contributed by atoms with Crippen LogP contribution in [-0.4, -0.2) is 59.5 Å². The highest BCUT2D eigenvalue weighted by molar-refractivity contribution is 5.87. The van der Waals surface area contributed by atoms with Gasteiger partial charge in [0.2, 0.25) is 5.91 Å². The summed E-state index contributed by atoms with van der Waals surface area (Å²) in [6.45, 7) is 4.75. The minimum atomic E-state index is -0.898. The van der Waals surface area contributed by atoms with Crippen molar-refractivity contribution in [2.24, 2.45) is 0 Å². The summed E-state index contributed by atoms with van der Waals surface area (Å²) in [7, 11) is 0. The molecule has 0 bridgehead atoms. The van der Waals surface area contributed by atoms with Crippen molar-refractivity contribution in [3.05, 3.63) is 35.4 Å². The molecule has 2 saturated heterocycles. The minimum absolute atomic E-state index is 0.262. The Morgan fingerprint density at radius 1 is 1.00 bits per heavy atom. The monoisotopic (exact) mass is 344 g/mol. The second kappa shape index (κ2) is 8.48. The van der Waals surface area contributed by atoms with Gasteiger partial charge in [0, 0.05) is 32.0 Å². The van der Waals surface area contributed by atoms with Crippen LogP contribution in [0.5, 0.6) is 0 Å². The van der Waals surface area contributed by atoms with Gasteiger partial charge in [-0.05, 0) is 56.5 Å². The van der Waals surface area contributed by atoms with Crippen LogP contribution in [0.1, 0.15) is 60.4 Å². The number of carboxylic acid groups (broad SMARTS) is 1. The van der Waals surface area contributed by atoms with E-state index in [0.29, 0.717) is 17.9 Å². The molecule has 0 aliphatic carbocycles. The van der Waals surface area contributed by atoms with Gasteiger partial charge < -0.3 is 14.9 Å². The van der Waals surface area contributed by atoms with Crippen molar-refractivity contribution in [2.45, 2.75) is 44.4 Å². The molecule has 25 heavy (non-hydrogen) atoms. The van der Waals surface area contributed by atoms with E-state index >= 15 is 0 Å². The van der Waals surface area contributed by atoms with Crippen LogP contribution in [0, 0.1) is 0 Å². The highest BCUT2D eigenvalue weighted by atomic mass is 16.4. The minimum Gasteiger partial charge on any atom is -0.478 e. The lowest BCUT2D eigenvalue weighted by Gasteiger charge is -2.34. The molecule has 0 saturated carbocycles. The summed E-state index contributed by atoms with van der Waals surface area (Å²) in [6.07, 6.45) is 6.52. The van der Waals surface area contributed by atoms with E-state index < -0.39 is 5.97 Å². The fourth-order valence-corrected chi connectivity index (χ4v) is 3.97. The van der Waals surface area contributed by atoms with E-state index in [0.717, 1.165) is 51.1 Å². The lowest BCUT2D eigenvalue weighted by molar-refractivity contribution is -0.132. The smallest absolute Gasteiger partial charge is 0.335 e. The van der Waals surface area contributed by atoms with Crippen molar-refractivity contribution in [1.29, 1.82) is 0 Å². The van der Waals surface area contributed by atoms with Gasteiger partial charge in [-0.25, -0.2) is 4.79 Å². The number of rotatable bonds is 5. The number of carbonyl (C=O) groups is 2. The van der Waals surface area contributed by atoms with Crippen LogP contribution >= 0.6 is 0 Å². The topological polar surface area (TPSA) is 60.9 Å². The molecule has 5 nitrogen and oxygen atoms in total. The quantitative estimate of drug-likeness (QED) is 0.892. The summed E-state index contributed by atoms with van der Waals surface area (Å²) in [4.78, 5) is 28.0. The molecular weight excluding hydrogens is 316 g/mol. The normalized spacial score (nSPS) is 21.9. The van der Waals surface area contributed by atoms with Crippen LogP contribution in [0.4, 0.5) is 0 Å². The molecule has 1 aromatic carbocycles. The van der Waals surface area contributed by atoms with Crippen molar-refractivity contribution in [1.82, 2.24) is 9.80 Å². The van der Waals surface area contributed by atoms with Crippen molar-refractivity contribution >= 4 is 11.9 Å². The van der Waals surface area contributed by atoms with E-state index in [2.05, 4.69) is 4.90 Å². The Labute approximate surface area is 149 Å². The van der Waals surface area contributed by atoms with Gasteiger partial charge in [0.15, 0.2) is 0 Å². The third-order valence-corrected chi connectivity index (χ3v) is 5.49. The highest BCUT2D eigenvalue weighted by Crippen LogP contribution is 2.27. The van der Waals surface area contributed by atoms with Gasteiger partial charge in [0.1, 0.15) is 0 Å². The summed E-state index contributed by atoms with van der Waals surface area (Å²) in [6, 6.07) is 7.12. The maximum atomic E-state index is 12.6. The molecule has 0 radical (unpaired) electrons. The molecule has 1 aromatic rings. The molecule has 136 valence electrons. The van der Waals surface area contributed by atoms with Crippen LogP contribution in [0.15, 0.2) is 24.3 Å². The van der Waals surface area contributed by atoms with Crippen molar-refractivity contribution in [3.63, 3.8) is 0 Å². The van der Waals surface area contributed by atoms with Gasteiger partial charge in [-0.15, -0.1) is 0 Å². The summed E-state index contributed by atoms with van der Waals surface area (Å²) >= 11 is 0. The Kier molecular flexibility index (Phi) is 6.08. The molecule has 2 heterocycles. The number of carbonyl (C=O) groups excluding carboxylic acids is 1. The molecule has 5 heteroatoms. The van der Waals surface area contributed by atoms with Crippen LogP contribution < -0.4 is 0 Å². The number of likely N-dealkylation sites (tertiary alicyclic amines) is 2. The van der Waals surface area contributed by atoms with Crippen LogP contribution in [-0.2, 0) is 4.79 Å². The molecule has 0 unspecified atom stereocenters. The fourth-order valence-electron chi connectivity index (χ4n) is 3.97. The lowest BCUT2D eigenvalue weighted by atomic mass is 9.90. The Hall–Kier alpha value is -1.88. The fraction of sp³-hybridized carbons (Fsp3) is 0.600. The molecular formula is C20H28N2O3. The Morgan fingerprint density at radius 2 is 1.72 bits per heavy atom. The second-order valence-corrected chi connectivity index (χ2v) is 7.26. The molecule has 0 aromatic heterocycles. The van der Waals surface area contributed by atoms with Crippen molar-refractivity contribution in [2.75, 3.05) is 32.7 Å². The zero-order valence-corrected chi connectivity index (χ0v) is 14.8. The van der Waals surface area contributed by atoms with Gasteiger partial charge >= 0.3 is 5.97 Å². The van der Waals surface area contributed by atoms with E-state index in [1.54, 1.807) is 12.1 Å².